The molecule has 2 atom stereocenters. The SMILES string of the molecule is O=C(NCCc1cccc(Cl)c1)C1CC1C(=O)Nc1cccc(F)c1. The Kier molecular flexibility index (Phi) is 5.34. The molecule has 25 heavy (non-hydrogen) atoms. The Hall–Kier alpha value is -2.40. The Morgan fingerprint density at radius 1 is 1.08 bits per heavy atom. The van der Waals surface area contributed by atoms with Crippen LogP contribution < -0.4 is 10.6 Å². The van der Waals surface area contributed by atoms with Crippen molar-refractivity contribution in [3.05, 3.63) is 64.9 Å². The lowest BCUT2D eigenvalue weighted by Gasteiger charge is -2.07. The van der Waals surface area contributed by atoms with E-state index < -0.39 is 5.82 Å². The van der Waals surface area contributed by atoms with E-state index in [4.69, 9.17) is 11.6 Å². The van der Waals surface area contributed by atoms with Gasteiger partial charge in [0.05, 0.1) is 11.8 Å². The van der Waals surface area contributed by atoms with E-state index in [9.17, 15) is 14.0 Å². The monoisotopic (exact) mass is 360 g/mol. The van der Waals surface area contributed by atoms with E-state index in [1.54, 1.807) is 12.1 Å². The Morgan fingerprint density at radius 3 is 2.60 bits per heavy atom. The lowest BCUT2D eigenvalue weighted by atomic mass is 10.1. The molecule has 0 aliphatic heterocycles. The summed E-state index contributed by atoms with van der Waals surface area (Å²) in [6.07, 6.45) is 1.20. The quantitative estimate of drug-likeness (QED) is 0.829. The highest BCUT2D eigenvalue weighted by Gasteiger charge is 2.47. The van der Waals surface area contributed by atoms with E-state index in [0.29, 0.717) is 30.1 Å². The summed E-state index contributed by atoms with van der Waals surface area (Å²) in [5.41, 5.74) is 1.45. The molecule has 2 aromatic rings. The van der Waals surface area contributed by atoms with E-state index in [1.807, 2.05) is 18.2 Å². The van der Waals surface area contributed by atoms with Crippen molar-refractivity contribution in [2.45, 2.75) is 12.8 Å². The molecular formula is C19H18ClFN2O2. The lowest BCUT2D eigenvalue weighted by Crippen LogP contribution is -2.29. The normalized spacial score (nSPS) is 18.5. The van der Waals surface area contributed by atoms with Crippen molar-refractivity contribution >= 4 is 29.1 Å². The van der Waals surface area contributed by atoms with Crippen LogP contribution >= 0.6 is 11.6 Å². The summed E-state index contributed by atoms with van der Waals surface area (Å²) in [6.45, 7) is 0.494. The molecule has 1 fully saturated rings. The van der Waals surface area contributed by atoms with Gasteiger partial charge in [-0.05, 0) is 48.7 Å². The average Bonchev–Trinajstić information content (AvgIpc) is 3.36. The maximum absolute atomic E-state index is 13.1. The zero-order valence-electron chi connectivity index (χ0n) is 13.5. The second-order valence-corrected chi connectivity index (χ2v) is 6.56. The van der Waals surface area contributed by atoms with Gasteiger partial charge in [0.2, 0.25) is 11.8 Å². The van der Waals surface area contributed by atoms with Gasteiger partial charge in [0.1, 0.15) is 5.82 Å². The largest absolute Gasteiger partial charge is 0.356 e. The van der Waals surface area contributed by atoms with Crippen molar-refractivity contribution < 1.29 is 14.0 Å². The molecule has 2 N–H and O–H groups in total. The van der Waals surface area contributed by atoms with E-state index >= 15 is 0 Å². The molecular weight excluding hydrogens is 343 g/mol. The summed E-state index contributed by atoms with van der Waals surface area (Å²) in [6, 6.07) is 13.2. The predicted octanol–water partition coefficient (Wildman–Crippen LogP) is 3.41. The summed E-state index contributed by atoms with van der Waals surface area (Å²) in [5.74, 6) is -1.45. The van der Waals surface area contributed by atoms with E-state index in [1.165, 1.54) is 18.2 Å². The van der Waals surface area contributed by atoms with Gasteiger partial charge in [-0.2, -0.15) is 0 Å². The number of hydrogen-bond acceptors (Lipinski definition) is 2. The van der Waals surface area contributed by atoms with Gasteiger partial charge in [-0.15, -0.1) is 0 Å². The maximum atomic E-state index is 13.1. The van der Waals surface area contributed by atoms with Gasteiger partial charge in [-0.1, -0.05) is 29.8 Å². The number of benzene rings is 2. The topological polar surface area (TPSA) is 58.2 Å². The highest BCUT2D eigenvalue weighted by molar-refractivity contribution is 6.30. The minimum atomic E-state index is -0.413. The van der Waals surface area contributed by atoms with Crippen LogP contribution in [0.1, 0.15) is 12.0 Å². The molecule has 0 radical (unpaired) electrons. The highest BCUT2D eigenvalue weighted by atomic mass is 35.5. The van der Waals surface area contributed by atoms with Gasteiger partial charge in [0, 0.05) is 17.3 Å². The molecule has 0 spiro atoms. The second-order valence-electron chi connectivity index (χ2n) is 6.12. The first kappa shape index (κ1) is 17.4. The van der Waals surface area contributed by atoms with Gasteiger partial charge >= 0.3 is 0 Å². The molecule has 4 nitrogen and oxygen atoms in total. The molecule has 0 saturated heterocycles. The molecule has 0 aromatic heterocycles. The molecule has 0 bridgehead atoms. The third kappa shape index (κ3) is 4.79. The number of amides is 2. The zero-order valence-corrected chi connectivity index (χ0v) is 14.2. The maximum Gasteiger partial charge on any atom is 0.228 e. The van der Waals surface area contributed by atoms with Crippen LogP contribution in [0.4, 0.5) is 10.1 Å². The van der Waals surface area contributed by atoms with E-state index in [-0.39, 0.29) is 23.7 Å². The van der Waals surface area contributed by atoms with E-state index in [2.05, 4.69) is 10.6 Å². The fraction of sp³-hybridized carbons (Fsp3) is 0.263. The number of halogens is 2. The zero-order chi connectivity index (χ0) is 17.8. The summed E-state index contributed by atoms with van der Waals surface area (Å²) in [5, 5.41) is 6.16. The molecule has 2 aromatic carbocycles. The molecule has 3 rings (SSSR count). The lowest BCUT2D eigenvalue weighted by molar-refractivity contribution is -0.125. The number of anilines is 1. The number of nitrogens with one attached hydrogen (secondary N) is 2. The molecule has 130 valence electrons. The predicted molar refractivity (Wildman–Crippen MR) is 94.8 cm³/mol. The fourth-order valence-corrected chi connectivity index (χ4v) is 2.94. The van der Waals surface area contributed by atoms with Crippen molar-refractivity contribution in [1.82, 2.24) is 5.32 Å². The van der Waals surface area contributed by atoms with E-state index in [0.717, 1.165) is 5.56 Å². The third-order valence-corrected chi connectivity index (χ3v) is 4.39. The van der Waals surface area contributed by atoms with Crippen LogP contribution in [0.2, 0.25) is 5.02 Å². The van der Waals surface area contributed by atoms with Gasteiger partial charge in [0.25, 0.3) is 0 Å². The van der Waals surface area contributed by atoms with Gasteiger partial charge < -0.3 is 10.6 Å². The number of rotatable bonds is 6. The van der Waals surface area contributed by atoms with Crippen LogP contribution in [0.25, 0.3) is 0 Å². The van der Waals surface area contributed by atoms with Crippen molar-refractivity contribution in [2.75, 3.05) is 11.9 Å². The van der Waals surface area contributed by atoms with Crippen LogP contribution in [0.3, 0.4) is 0 Å². The smallest absolute Gasteiger partial charge is 0.228 e. The molecule has 1 saturated carbocycles. The molecule has 0 heterocycles. The first-order chi connectivity index (χ1) is 12.0. The minimum Gasteiger partial charge on any atom is -0.356 e. The second kappa shape index (κ2) is 7.66. The Balaban J connectivity index is 1.43. The summed E-state index contributed by atoms with van der Waals surface area (Å²) in [7, 11) is 0. The molecule has 1 aliphatic rings. The number of carbonyl (C=O) groups excluding carboxylic acids is 2. The Labute approximate surface area is 150 Å². The molecule has 2 unspecified atom stereocenters. The highest BCUT2D eigenvalue weighted by Crippen LogP contribution is 2.39. The standard InChI is InChI=1S/C19H18ClFN2O2/c20-13-4-1-3-12(9-13)7-8-22-18(24)16-11-17(16)19(25)23-15-6-2-5-14(21)10-15/h1-6,9-10,16-17H,7-8,11H2,(H,22,24)(H,23,25). The Morgan fingerprint density at radius 2 is 1.84 bits per heavy atom. The summed E-state index contributed by atoms with van der Waals surface area (Å²) in [4.78, 5) is 24.2. The summed E-state index contributed by atoms with van der Waals surface area (Å²) < 4.78 is 13.1. The fourth-order valence-electron chi connectivity index (χ4n) is 2.73. The van der Waals surface area contributed by atoms with Gasteiger partial charge in [-0.25, -0.2) is 4.39 Å². The average molecular weight is 361 g/mol. The van der Waals surface area contributed by atoms with Crippen LogP contribution in [0, 0.1) is 17.7 Å². The van der Waals surface area contributed by atoms with Gasteiger partial charge in [-0.3, -0.25) is 9.59 Å². The number of carbonyl (C=O) groups is 2. The molecule has 2 amide bonds. The van der Waals surface area contributed by atoms with Crippen LogP contribution in [-0.2, 0) is 16.0 Å². The minimum absolute atomic E-state index is 0.124. The van der Waals surface area contributed by atoms with Crippen molar-refractivity contribution in [3.63, 3.8) is 0 Å². The summed E-state index contributed by atoms with van der Waals surface area (Å²) >= 11 is 5.92. The molecule has 1 aliphatic carbocycles. The van der Waals surface area contributed by atoms with Crippen molar-refractivity contribution in [1.29, 1.82) is 0 Å². The van der Waals surface area contributed by atoms with Crippen LogP contribution in [0.5, 0.6) is 0 Å². The van der Waals surface area contributed by atoms with Crippen LogP contribution in [0.15, 0.2) is 48.5 Å². The molecule has 6 heteroatoms. The first-order valence-corrected chi connectivity index (χ1v) is 8.49. The Bertz CT molecular complexity index is 796. The third-order valence-electron chi connectivity index (χ3n) is 4.16. The van der Waals surface area contributed by atoms with Gasteiger partial charge in [0.15, 0.2) is 0 Å². The van der Waals surface area contributed by atoms with Crippen molar-refractivity contribution in [3.8, 4) is 0 Å². The number of hydrogen-bond donors (Lipinski definition) is 2. The first-order valence-electron chi connectivity index (χ1n) is 8.11. The van der Waals surface area contributed by atoms with Crippen molar-refractivity contribution in [2.24, 2.45) is 11.8 Å². The van der Waals surface area contributed by atoms with Crippen LogP contribution in [-0.4, -0.2) is 18.4 Å².